The van der Waals surface area contributed by atoms with Crippen molar-refractivity contribution in [3.63, 3.8) is 0 Å². The maximum Gasteiger partial charge on any atom is 0.262 e. The van der Waals surface area contributed by atoms with Gasteiger partial charge < -0.3 is 5.32 Å². The molecule has 1 amide bonds. The van der Waals surface area contributed by atoms with Crippen LogP contribution in [-0.2, 0) is 11.8 Å². The number of benzene rings is 1. The molecule has 0 saturated heterocycles. The fourth-order valence-corrected chi connectivity index (χ4v) is 1.93. The first-order chi connectivity index (χ1) is 10.1. The van der Waals surface area contributed by atoms with Gasteiger partial charge in [0.1, 0.15) is 11.6 Å². The van der Waals surface area contributed by atoms with Crippen LogP contribution in [0.15, 0.2) is 48.3 Å². The van der Waals surface area contributed by atoms with Gasteiger partial charge in [0.25, 0.3) is 5.91 Å². The number of carbonyl (C=O) groups excluding carboxylic acids is 1. The number of nitrogens with zero attached hydrogens (tertiary/aromatic N) is 3. The van der Waals surface area contributed by atoms with Crippen LogP contribution in [0.3, 0.4) is 0 Å². The summed E-state index contributed by atoms with van der Waals surface area (Å²) in [4.78, 5) is 12.1. The molecule has 0 aliphatic heterocycles. The Morgan fingerprint density at radius 1 is 1.43 bits per heavy atom. The Hall–Kier alpha value is -2.87. The summed E-state index contributed by atoms with van der Waals surface area (Å²) in [6.07, 6.45) is 4.87. The average Bonchev–Trinajstić information content (AvgIpc) is 2.90. The molecule has 1 heterocycles. The van der Waals surface area contributed by atoms with Crippen molar-refractivity contribution in [2.24, 2.45) is 7.05 Å². The predicted octanol–water partition coefficient (Wildman–Crippen LogP) is 2.20. The lowest BCUT2D eigenvalue weighted by molar-refractivity contribution is -0.117. The summed E-state index contributed by atoms with van der Waals surface area (Å²) in [6.45, 7) is 1.88. The van der Waals surface area contributed by atoms with Crippen molar-refractivity contribution in [2.45, 2.75) is 13.0 Å². The summed E-state index contributed by atoms with van der Waals surface area (Å²) in [5, 5.41) is 16.0. The van der Waals surface area contributed by atoms with Gasteiger partial charge in [0.15, 0.2) is 0 Å². The summed E-state index contributed by atoms with van der Waals surface area (Å²) >= 11 is 0. The SMILES string of the molecule is CC(NC(=O)/C(C#N)=C\c1cnn(C)c1)c1ccccc1. The van der Waals surface area contributed by atoms with Gasteiger partial charge in [-0.25, -0.2) is 0 Å². The molecule has 5 heteroatoms. The first-order valence-corrected chi connectivity index (χ1v) is 6.56. The van der Waals surface area contributed by atoms with Crippen LogP contribution in [-0.4, -0.2) is 15.7 Å². The van der Waals surface area contributed by atoms with Crippen LogP contribution in [0.2, 0.25) is 0 Å². The number of hydrogen-bond acceptors (Lipinski definition) is 3. The highest BCUT2D eigenvalue weighted by atomic mass is 16.1. The first-order valence-electron chi connectivity index (χ1n) is 6.56. The molecule has 5 nitrogen and oxygen atoms in total. The zero-order valence-electron chi connectivity index (χ0n) is 11.9. The number of aromatic nitrogens is 2. The van der Waals surface area contributed by atoms with Gasteiger partial charge in [0.05, 0.1) is 12.2 Å². The second-order valence-electron chi connectivity index (χ2n) is 4.72. The van der Waals surface area contributed by atoms with E-state index in [1.165, 1.54) is 6.08 Å². The average molecular weight is 280 g/mol. The number of nitriles is 1. The highest BCUT2D eigenvalue weighted by Gasteiger charge is 2.13. The molecule has 106 valence electrons. The van der Waals surface area contributed by atoms with Crippen molar-refractivity contribution in [1.29, 1.82) is 5.26 Å². The quantitative estimate of drug-likeness (QED) is 0.689. The predicted molar refractivity (Wildman–Crippen MR) is 79.8 cm³/mol. The van der Waals surface area contributed by atoms with E-state index in [4.69, 9.17) is 5.26 Å². The molecular formula is C16H16N4O. The third kappa shape index (κ3) is 3.80. The molecule has 1 unspecified atom stereocenters. The zero-order valence-corrected chi connectivity index (χ0v) is 11.9. The van der Waals surface area contributed by atoms with Crippen molar-refractivity contribution >= 4 is 12.0 Å². The van der Waals surface area contributed by atoms with Crippen molar-refractivity contribution in [1.82, 2.24) is 15.1 Å². The van der Waals surface area contributed by atoms with Crippen molar-refractivity contribution in [3.05, 3.63) is 59.4 Å². The molecule has 0 aliphatic carbocycles. The number of hydrogen-bond donors (Lipinski definition) is 1. The zero-order chi connectivity index (χ0) is 15.2. The molecule has 0 fully saturated rings. The minimum absolute atomic E-state index is 0.0609. The molecule has 2 rings (SSSR count). The second kappa shape index (κ2) is 6.53. The smallest absolute Gasteiger partial charge is 0.262 e. The van der Waals surface area contributed by atoms with E-state index in [1.54, 1.807) is 24.1 Å². The number of carbonyl (C=O) groups is 1. The summed E-state index contributed by atoms with van der Waals surface area (Å²) in [5.41, 5.74) is 1.77. The Balaban J connectivity index is 2.11. The van der Waals surface area contributed by atoms with Gasteiger partial charge in [-0.1, -0.05) is 30.3 Å². The molecule has 1 atom stereocenters. The van der Waals surface area contributed by atoms with E-state index in [-0.39, 0.29) is 11.6 Å². The number of nitrogens with one attached hydrogen (secondary N) is 1. The van der Waals surface area contributed by atoms with Crippen LogP contribution < -0.4 is 5.32 Å². The summed E-state index contributed by atoms with van der Waals surface area (Å²) in [6, 6.07) is 11.4. The Labute approximate surface area is 123 Å². The molecule has 0 aliphatic rings. The molecule has 1 aromatic heterocycles. The van der Waals surface area contributed by atoms with Crippen molar-refractivity contribution < 1.29 is 4.79 Å². The topological polar surface area (TPSA) is 70.7 Å². The third-order valence-electron chi connectivity index (χ3n) is 3.05. The van der Waals surface area contributed by atoms with Crippen LogP contribution >= 0.6 is 0 Å². The Bertz CT molecular complexity index is 695. The minimum atomic E-state index is -0.391. The molecule has 0 spiro atoms. The summed E-state index contributed by atoms with van der Waals surface area (Å²) in [7, 11) is 1.78. The van der Waals surface area contributed by atoms with E-state index in [1.807, 2.05) is 43.3 Å². The largest absolute Gasteiger partial charge is 0.345 e. The summed E-state index contributed by atoms with van der Waals surface area (Å²) in [5.74, 6) is -0.391. The Kier molecular flexibility index (Phi) is 4.52. The van der Waals surface area contributed by atoms with E-state index in [9.17, 15) is 4.79 Å². The molecule has 21 heavy (non-hydrogen) atoms. The highest BCUT2D eigenvalue weighted by molar-refractivity contribution is 6.01. The fraction of sp³-hybridized carbons (Fsp3) is 0.188. The highest BCUT2D eigenvalue weighted by Crippen LogP contribution is 2.13. The van der Waals surface area contributed by atoms with Crippen LogP contribution in [0.4, 0.5) is 0 Å². The molecule has 1 N–H and O–H groups in total. The van der Waals surface area contributed by atoms with E-state index >= 15 is 0 Å². The lowest BCUT2D eigenvalue weighted by atomic mass is 10.1. The van der Waals surface area contributed by atoms with Gasteiger partial charge in [-0.15, -0.1) is 0 Å². The van der Waals surface area contributed by atoms with Crippen LogP contribution in [0.25, 0.3) is 6.08 Å². The number of aryl methyl sites for hydroxylation is 1. The van der Waals surface area contributed by atoms with Crippen LogP contribution in [0.1, 0.15) is 24.1 Å². The number of rotatable bonds is 4. The molecule has 1 aromatic carbocycles. The van der Waals surface area contributed by atoms with Gasteiger partial charge >= 0.3 is 0 Å². The third-order valence-corrected chi connectivity index (χ3v) is 3.05. The van der Waals surface area contributed by atoms with E-state index in [0.717, 1.165) is 11.1 Å². The maximum absolute atomic E-state index is 12.1. The van der Waals surface area contributed by atoms with Crippen molar-refractivity contribution in [3.8, 4) is 6.07 Å². The molecule has 0 bridgehead atoms. The normalized spacial score (nSPS) is 12.5. The molecular weight excluding hydrogens is 264 g/mol. The minimum Gasteiger partial charge on any atom is -0.345 e. The lowest BCUT2D eigenvalue weighted by Crippen LogP contribution is -2.27. The second-order valence-corrected chi connectivity index (χ2v) is 4.72. The fourth-order valence-electron chi connectivity index (χ4n) is 1.93. The van der Waals surface area contributed by atoms with Gasteiger partial charge in [-0.3, -0.25) is 9.48 Å². The van der Waals surface area contributed by atoms with E-state index in [2.05, 4.69) is 10.4 Å². The van der Waals surface area contributed by atoms with Gasteiger partial charge in [0.2, 0.25) is 0 Å². The summed E-state index contributed by atoms with van der Waals surface area (Å²) < 4.78 is 1.62. The van der Waals surface area contributed by atoms with Gasteiger partial charge in [-0.05, 0) is 18.6 Å². The maximum atomic E-state index is 12.1. The number of amides is 1. The standard InChI is InChI=1S/C16H16N4O/c1-12(14-6-4-3-5-7-14)19-16(21)15(9-17)8-13-10-18-20(2)11-13/h3-8,10-12H,1-2H3,(H,19,21)/b15-8-. The lowest BCUT2D eigenvalue weighted by Gasteiger charge is -2.13. The monoisotopic (exact) mass is 280 g/mol. The Morgan fingerprint density at radius 2 is 2.14 bits per heavy atom. The van der Waals surface area contributed by atoms with Crippen molar-refractivity contribution in [2.75, 3.05) is 0 Å². The van der Waals surface area contributed by atoms with E-state index in [0.29, 0.717) is 0 Å². The molecule has 0 radical (unpaired) electrons. The molecule has 0 saturated carbocycles. The van der Waals surface area contributed by atoms with Gasteiger partial charge in [0, 0.05) is 18.8 Å². The van der Waals surface area contributed by atoms with Crippen LogP contribution in [0.5, 0.6) is 0 Å². The first kappa shape index (κ1) is 14.5. The van der Waals surface area contributed by atoms with Crippen LogP contribution in [0, 0.1) is 11.3 Å². The molecule has 2 aromatic rings. The van der Waals surface area contributed by atoms with Gasteiger partial charge in [-0.2, -0.15) is 10.4 Å². The Morgan fingerprint density at radius 3 is 2.71 bits per heavy atom. The van der Waals surface area contributed by atoms with E-state index < -0.39 is 5.91 Å².